The molecule has 0 spiro atoms. The molecule has 2 aliphatic carbocycles. The number of allylic oxidation sites excluding steroid dienone is 2. The lowest BCUT2D eigenvalue weighted by molar-refractivity contribution is -0.137. The van der Waals surface area contributed by atoms with Crippen LogP contribution in [0.25, 0.3) is 0 Å². The summed E-state index contributed by atoms with van der Waals surface area (Å²) < 4.78 is 0. The standard InChI is InChI=1S/C23H38O5/c1-2-3-14-23(28,17-12-13-17)15-8-10-19-18(20(24)16-21(19)25)9-6-4-5-7-11-22(26)27/h4,6,8,10,17-21,24-25,28H,2-3,5,7,9,11-16H2,1H3,(H,26,27)/b6-4-,10-8+/t18-,19-,20-,21-,23?/m1/s1. The maximum absolute atomic E-state index is 11.0. The Morgan fingerprint density at radius 1 is 1.11 bits per heavy atom. The summed E-state index contributed by atoms with van der Waals surface area (Å²) in [6.45, 7) is 2.14. The second-order valence-corrected chi connectivity index (χ2v) is 8.72. The van der Waals surface area contributed by atoms with Crippen molar-refractivity contribution >= 4 is 5.97 Å². The molecule has 5 atom stereocenters. The van der Waals surface area contributed by atoms with Crippen LogP contribution in [0.3, 0.4) is 0 Å². The number of aliphatic carboxylic acids is 1. The molecular formula is C23H38O5. The molecule has 5 heteroatoms. The summed E-state index contributed by atoms with van der Waals surface area (Å²) in [5.41, 5.74) is -0.617. The molecule has 0 aromatic rings. The molecule has 0 radical (unpaired) electrons. The molecule has 2 rings (SSSR count). The van der Waals surface area contributed by atoms with Gasteiger partial charge in [-0.2, -0.15) is 0 Å². The lowest BCUT2D eigenvalue weighted by atomic mass is 9.85. The van der Waals surface area contributed by atoms with Crippen LogP contribution < -0.4 is 0 Å². The molecule has 2 saturated carbocycles. The van der Waals surface area contributed by atoms with Gasteiger partial charge in [0.15, 0.2) is 0 Å². The zero-order chi connectivity index (χ0) is 20.6. The molecule has 4 N–H and O–H groups in total. The van der Waals surface area contributed by atoms with E-state index >= 15 is 0 Å². The van der Waals surface area contributed by atoms with E-state index < -0.39 is 23.8 Å². The fraction of sp³-hybridized carbons (Fsp3) is 0.783. The van der Waals surface area contributed by atoms with Gasteiger partial charge in [0.2, 0.25) is 0 Å². The Hall–Kier alpha value is -1.17. The highest BCUT2D eigenvalue weighted by molar-refractivity contribution is 5.66. The first-order valence-corrected chi connectivity index (χ1v) is 11.0. The first kappa shape index (κ1) is 23.1. The molecule has 5 nitrogen and oxygen atoms in total. The average molecular weight is 395 g/mol. The molecule has 160 valence electrons. The SMILES string of the molecule is CCCCC(O)(C/C=C/[C@@H]1[C@@H](C/C=C\CCCC(=O)O)[C@H](O)C[C@H]1O)C1CC1. The normalized spacial score (nSPS) is 30.3. The zero-order valence-electron chi connectivity index (χ0n) is 17.2. The van der Waals surface area contributed by atoms with Crippen molar-refractivity contribution in [3.05, 3.63) is 24.3 Å². The number of aliphatic hydroxyl groups is 3. The van der Waals surface area contributed by atoms with Crippen LogP contribution in [0.15, 0.2) is 24.3 Å². The van der Waals surface area contributed by atoms with E-state index in [0.29, 0.717) is 38.0 Å². The number of carboxylic acids is 1. The van der Waals surface area contributed by atoms with Gasteiger partial charge in [0, 0.05) is 18.8 Å². The maximum Gasteiger partial charge on any atom is 0.303 e. The van der Waals surface area contributed by atoms with Crippen LogP contribution in [0.2, 0.25) is 0 Å². The second-order valence-electron chi connectivity index (χ2n) is 8.72. The van der Waals surface area contributed by atoms with Crippen molar-refractivity contribution in [2.75, 3.05) is 0 Å². The summed E-state index contributed by atoms with van der Waals surface area (Å²) in [4.78, 5) is 10.5. The number of hydrogen-bond donors (Lipinski definition) is 4. The predicted molar refractivity (Wildman–Crippen MR) is 110 cm³/mol. The van der Waals surface area contributed by atoms with Gasteiger partial charge >= 0.3 is 5.97 Å². The number of carboxylic acid groups (broad SMARTS) is 1. The smallest absolute Gasteiger partial charge is 0.303 e. The van der Waals surface area contributed by atoms with Gasteiger partial charge in [-0.25, -0.2) is 0 Å². The van der Waals surface area contributed by atoms with Crippen LogP contribution in [0.1, 0.15) is 77.6 Å². The molecule has 2 aliphatic rings. The Labute approximate surface area is 169 Å². The van der Waals surface area contributed by atoms with Crippen molar-refractivity contribution < 1.29 is 25.2 Å². The van der Waals surface area contributed by atoms with E-state index in [2.05, 4.69) is 6.92 Å². The Morgan fingerprint density at radius 3 is 2.50 bits per heavy atom. The first-order chi connectivity index (χ1) is 13.4. The van der Waals surface area contributed by atoms with E-state index in [4.69, 9.17) is 5.11 Å². The van der Waals surface area contributed by atoms with Crippen LogP contribution in [0, 0.1) is 17.8 Å². The van der Waals surface area contributed by atoms with Gasteiger partial charge in [-0.3, -0.25) is 4.79 Å². The minimum atomic E-state index is -0.780. The second kappa shape index (κ2) is 11.1. The Kier molecular flexibility index (Phi) is 9.19. The van der Waals surface area contributed by atoms with Gasteiger partial charge < -0.3 is 20.4 Å². The molecular weight excluding hydrogens is 356 g/mol. The van der Waals surface area contributed by atoms with Gasteiger partial charge in [0.1, 0.15) is 0 Å². The number of unbranched alkanes of at least 4 members (excludes halogenated alkanes) is 2. The molecule has 0 saturated heterocycles. The highest BCUT2D eigenvalue weighted by Crippen LogP contribution is 2.45. The lowest BCUT2D eigenvalue weighted by Gasteiger charge is -2.27. The molecule has 0 amide bonds. The predicted octanol–water partition coefficient (Wildman–Crippen LogP) is 3.82. The highest BCUT2D eigenvalue weighted by Gasteiger charge is 2.43. The summed E-state index contributed by atoms with van der Waals surface area (Å²) >= 11 is 0. The van der Waals surface area contributed by atoms with E-state index in [1.807, 2.05) is 24.3 Å². The van der Waals surface area contributed by atoms with Crippen LogP contribution in [-0.4, -0.2) is 44.2 Å². The lowest BCUT2D eigenvalue weighted by Crippen LogP contribution is -2.30. The third kappa shape index (κ3) is 7.02. The zero-order valence-corrected chi connectivity index (χ0v) is 17.2. The van der Waals surface area contributed by atoms with Crippen LogP contribution in [0.5, 0.6) is 0 Å². The quantitative estimate of drug-likeness (QED) is 0.281. The topological polar surface area (TPSA) is 98.0 Å². The molecule has 28 heavy (non-hydrogen) atoms. The van der Waals surface area contributed by atoms with Crippen molar-refractivity contribution in [2.45, 2.75) is 95.4 Å². The van der Waals surface area contributed by atoms with Crippen LogP contribution in [-0.2, 0) is 4.79 Å². The average Bonchev–Trinajstić information content (AvgIpc) is 3.45. The monoisotopic (exact) mass is 394 g/mol. The fourth-order valence-corrected chi connectivity index (χ4v) is 4.45. The van der Waals surface area contributed by atoms with Crippen molar-refractivity contribution in [3.8, 4) is 0 Å². The summed E-state index contributed by atoms with van der Waals surface area (Å²) in [6.07, 6.45) is 15.2. The van der Waals surface area contributed by atoms with Crippen molar-refractivity contribution in [3.63, 3.8) is 0 Å². The van der Waals surface area contributed by atoms with E-state index in [0.717, 1.165) is 32.1 Å². The molecule has 0 heterocycles. The van der Waals surface area contributed by atoms with Crippen molar-refractivity contribution in [2.24, 2.45) is 17.8 Å². The Morgan fingerprint density at radius 2 is 1.86 bits per heavy atom. The molecule has 0 aromatic carbocycles. The molecule has 0 bridgehead atoms. The Balaban J connectivity index is 1.87. The summed E-state index contributed by atoms with van der Waals surface area (Å²) in [5, 5.41) is 40.3. The number of aliphatic hydroxyl groups excluding tert-OH is 2. The van der Waals surface area contributed by atoms with Crippen molar-refractivity contribution in [1.82, 2.24) is 0 Å². The van der Waals surface area contributed by atoms with Gasteiger partial charge in [-0.05, 0) is 56.8 Å². The Bertz CT molecular complexity index is 539. The maximum atomic E-state index is 11.0. The van der Waals surface area contributed by atoms with E-state index in [1.165, 1.54) is 0 Å². The first-order valence-electron chi connectivity index (χ1n) is 11.0. The van der Waals surface area contributed by atoms with Crippen LogP contribution >= 0.6 is 0 Å². The molecule has 0 aromatic heterocycles. The van der Waals surface area contributed by atoms with Gasteiger partial charge in [-0.1, -0.05) is 44.1 Å². The summed E-state index contributed by atoms with van der Waals surface area (Å²) in [6, 6.07) is 0. The van der Waals surface area contributed by atoms with Gasteiger partial charge in [0.05, 0.1) is 17.8 Å². The molecule has 2 fully saturated rings. The number of hydrogen-bond acceptors (Lipinski definition) is 4. The molecule has 1 unspecified atom stereocenters. The summed E-state index contributed by atoms with van der Waals surface area (Å²) in [7, 11) is 0. The van der Waals surface area contributed by atoms with Crippen LogP contribution in [0.4, 0.5) is 0 Å². The van der Waals surface area contributed by atoms with Gasteiger partial charge in [-0.15, -0.1) is 0 Å². The minimum absolute atomic E-state index is 0.0355. The number of carbonyl (C=O) groups is 1. The largest absolute Gasteiger partial charge is 0.481 e. The van der Waals surface area contributed by atoms with E-state index in [1.54, 1.807) is 0 Å². The van der Waals surface area contributed by atoms with Crippen molar-refractivity contribution in [1.29, 1.82) is 0 Å². The third-order valence-electron chi connectivity index (χ3n) is 6.38. The minimum Gasteiger partial charge on any atom is -0.481 e. The van der Waals surface area contributed by atoms with E-state index in [-0.39, 0.29) is 18.3 Å². The van der Waals surface area contributed by atoms with Gasteiger partial charge in [0.25, 0.3) is 0 Å². The molecule has 0 aliphatic heterocycles. The third-order valence-corrected chi connectivity index (χ3v) is 6.38. The fourth-order valence-electron chi connectivity index (χ4n) is 4.45. The highest BCUT2D eigenvalue weighted by atomic mass is 16.4. The summed E-state index contributed by atoms with van der Waals surface area (Å²) in [5.74, 6) is -0.509. The number of rotatable bonds is 13. The van der Waals surface area contributed by atoms with E-state index in [9.17, 15) is 20.1 Å².